The molecule has 106 valence electrons. The Balaban J connectivity index is 2.25. The van der Waals surface area contributed by atoms with Gasteiger partial charge in [0.25, 0.3) is 0 Å². The van der Waals surface area contributed by atoms with Crippen molar-refractivity contribution in [1.29, 1.82) is 0 Å². The number of hydrogen-bond acceptors (Lipinski definition) is 4. The molecule has 2 N–H and O–H groups in total. The number of nitrogens with two attached hydrogens (primary N) is 1. The molecule has 0 bridgehead atoms. The Morgan fingerprint density at radius 1 is 1.24 bits per heavy atom. The van der Waals surface area contributed by atoms with Crippen molar-refractivity contribution >= 4 is 17.3 Å². The molecular formula is C14H11ClFN5. The van der Waals surface area contributed by atoms with Crippen molar-refractivity contribution in [1.82, 2.24) is 20.2 Å². The van der Waals surface area contributed by atoms with E-state index in [1.54, 1.807) is 12.1 Å². The molecule has 7 heteroatoms. The number of benzene rings is 2. The van der Waals surface area contributed by atoms with Crippen molar-refractivity contribution < 1.29 is 4.39 Å². The summed E-state index contributed by atoms with van der Waals surface area (Å²) in [4.78, 5) is 0. The predicted octanol–water partition coefficient (Wildman–Crippen LogP) is 3.01. The van der Waals surface area contributed by atoms with Gasteiger partial charge in [0.05, 0.1) is 5.02 Å². The lowest BCUT2D eigenvalue weighted by Gasteiger charge is -2.09. The van der Waals surface area contributed by atoms with E-state index < -0.39 is 5.82 Å². The van der Waals surface area contributed by atoms with Gasteiger partial charge < -0.3 is 5.73 Å². The average Bonchev–Trinajstić information content (AvgIpc) is 2.90. The monoisotopic (exact) mass is 303 g/mol. The van der Waals surface area contributed by atoms with Crippen molar-refractivity contribution in [2.45, 2.75) is 6.92 Å². The third-order valence-electron chi connectivity index (χ3n) is 3.07. The van der Waals surface area contributed by atoms with Gasteiger partial charge in [-0.3, -0.25) is 0 Å². The lowest BCUT2D eigenvalue weighted by molar-refractivity contribution is 0.608. The van der Waals surface area contributed by atoms with Crippen LogP contribution in [0.5, 0.6) is 0 Å². The highest BCUT2D eigenvalue weighted by molar-refractivity contribution is 6.32. The third-order valence-corrected chi connectivity index (χ3v) is 3.37. The van der Waals surface area contributed by atoms with Gasteiger partial charge in [-0.2, -0.15) is 4.68 Å². The Hall–Kier alpha value is -2.47. The number of nitrogen functional groups attached to an aromatic ring is 1. The van der Waals surface area contributed by atoms with Gasteiger partial charge in [0, 0.05) is 11.3 Å². The van der Waals surface area contributed by atoms with Gasteiger partial charge in [-0.25, -0.2) is 4.39 Å². The second kappa shape index (κ2) is 5.14. The molecule has 0 atom stereocenters. The van der Waals surface area contributed by atoms with E-state index in [2.05, 4.69) is 15.5 Å². The Bertz CT molecular complexity index is 795. The summed E-state index contributed by atoms with van der Waals surface area (Å²) in [5.74, 6) is -0.175. The van der Waals surface area contributed by atoms with Gasteiger partial charge in [-0.15, -0.1) is 5.10 Å². The van der Waals surface area contributed by atoms with Crippen LogP contribution >= 0.6 is 11.6 Å². The maximum Gasteiger partial charge on any atom is 0.189 e. The van der Waals surface area contributed by atoms with E-state index in [0.717, 1.165) is 5.56 Å². The summed E-state index contributed by atoms with van der Waals surface area (Å²) in [6.07, 6.45) is 0. The molecule has 3 aromatic rings. The number of anilines is 1. The van der Waals surface area contributed by atoms with Crippen molar-refractivity contribution in [2.24, 2.45) is 0 Å². The van der Waals surface area contributed by atoms with Crippen LogP contribution in [0.25, 0.3) is 17.1 Å². The molecule has 0 radical (unpaired) electrons. The van der Waals surface area contributed by atoms with E-state index in [1.807, 2.05) is 19.1 Å². The average molecular weight is 304 g/mol. The number of aromatic nitrogens is 4. The highest BCUT2D eigenvalue weighted by atomic mass is 35.5. The Morgan fingerprint density at radius 2 is 2.05 bits per heavy atom. The van der Waals surface area contributed by atoms with E-state index in [1.165, 1.54) is 16.8 Å². The fourth-order valence-electron chi connectivity index (χ4n) is 2.06. The fourth-order valence-corrected chi connectivity index (χ4v) is 2.30. The van der Waals surface area contributed by atoms with Crippen LogP contribution in [-0.4, -0.2) is 20.2 Å². The fraction of sp³-hybridized carbons (Fsp3) is 0.0714. The Labute approximate surface area is 125 Å². The van der Waals surface area contributed by atoms with Gasteiger partial charge in [-0.1, -0.05) is 29.3 Å². The minimum atomic E-state index is -0.512. The predicted molar refractivity (Wildman–Crippen MR) is 78.7 cm³/mol. The molecule has 0 aliphatic rings. The summed E-state index contributed by atoms with van der Waals surface area (Å²) in [6.45, 7) is 1.92. The summed E-state index contributed by atoms with van der Waals surface area (Å²) in [6, 6.07) is 9.87. The van der Waals surface area contributed by atoms with E-state index >= 15 is 0 Å². The number of para-hydroxylation sites is 1. The molecule has 1 aromatic heterocycles. The largest absolute Gasteiger partial charge is 0.398 e. The summed E-state index contributed by atoms with van der Waals surface area (Å²) in [5.41, 5.74) is 8.19. The molecule has 0 fully saturated rings. The summed E-state index contributed by atoms with van der Waals surface area (Å²) in [7, 11) is 0. The van der Waals surface area contributed by atoms with Gasteiger partial charge in [0.2, 0.25) is 0 Å². The number of nitrogens with zero attached hydrogens (tertiary/aromatic N) is 4. The summed E-state index contributed by atoms with van der Waals surface area (Å²) in [5, 5.41) is 11.6. The third kappa shape index (κ3) is 2.34. The molecule has 2 aromatic carbocycles. The van der Waals surface area contributed by atoms with Gasteiger partial charge in [0.1, 0.15) is 5.69 Å². The zero-order valence-corrected chi connectivity index (χ0v) is 11.8. The lowest BCUT2D eigenvalue weighted by Crippen LogP contribution is -2.05. The molecule has 0 saturated heterocycles. The molecule has 0 amide bonds. The van der Waals surface area contributed by atoms with E-state index in [9.17, 15) is 4.39 Å². The molecular weight excluding hydrogens is 293 g/mol. The van der Waals surface area contributed by atoms with Crippen LogP contribution in [0.4, 0.5) is 10.1 Å². The van der Waals surface area contributed by atoms with E-state index in [4.69, 9.17) is 17.3 Å². The minimum absolute atomic E-state index is 0.0973. The first-order valence-corrected chi connectivity index (χ1v) is 6.55. The number of tetrazole rings is 1. The van der Waals surface area contributed by atoms with Crippen LogP contribution in [0.15, 0.2) is 36.4 Å². The van der Waals surface area contributed by atoms with Gasteiger partial charge in [0.15, 0.2) is 11.6 Å². The van der Waals surface area contributed by atoms with E-state index in [0.29, 0.717) is 17.1 Å². The van der Waals surface area contributed by atoms with Crippen molar-refractivity contribution in [3.8, 4) is 17.1 Å². The number of hydrogen-bond donors (Lipinski definition) is 1. The smallest absolute Gasteiger partial charge is 0.189 e. The van der Waals surface area contributed by atoms with Crippen molar-refractivity contribution in [2.75, 3.05) is 5.73 Å². The number of halogens is 2. The van der Waals surface area contributed by atoms with Gasteiger partial charge >= 0.3 is 0 Å². The highest BCUT2D eigenvalue weighted by Crippen LogP contribution is 2.30. The minimum Gasteiger partial charge on any atom is -0.398 e. The zero-order chi connectivity index (χ0) is 15.0. The Morgan fingerprint density at radius 3 is 2.81 bits per heavy atom. The van der Waals surface area contributed by atoms with Crippen molar-refractivity contribution in [3.05, 3.63) is 52.8 Å². The molecule has 0 unspecified atom stereocenters. The molecule has 5 nitrogen and oxygen atoms in total. The highest BCUT2D eigenvalue weighted by Gasteiger charge is 2.18. The number of aryl methyl sites for hydroxylation is 1. The number of rotatable bonds is 2. The van der Waals surface area contributed by atoms with Gasteiger partial charge in [-0.05, 0) is 41.6 Å². The summed E-state index contributed by atoms with van der Waals surface area (Å²) >= 11 is 6.06. The van der Waals surface area contributed by atoms with E-state index in [-0.39, 0.29) is 10.7 Å². The maximum absolute atomic E-state index is 14.1. The molecule has 3 rings (SSSR count). The van der Waals surface area contributed by atoms with Crippen molar-refractivity contribution in [3.63, 3.8) is 0 Å². The lowest BCUT2D eigenvalue weighted by atomic mass is 10.1. The molecule has 21 heavy (non-hydrogen) atoms. The van der Waals surface area contributed by atoms with Crippen LogP contribution in [0.3, 0.4) is 0 Å². The molecule has 0 saturated carbocycles. The second-order valence-corrected chi connectivity index (χ2v) is 4.98. The first-order valence-electron chi connectivity index (χ1n) is 6.17. The first-order chi connectivity index (χ1) is 10.1. The first kappa shape index (κ1) is 13.5. The molecule has 0 aliphatic carbocycles. The quantitative estimate of drug-likeness (QED) is 0.739. The Kier molecular flexibility index (Phi) is 3.31. The van der Waals surface area contributed by atoms with Crippen LogP contribution < -0.4 is 5.73 Å². The van der Waals surface area contributed by atoms with Crippen LogP contribution in [0, 0.1) is 12.7 Å². The van der Waals surface area contributed by atoms with Crippen LogP contribution in [0.2, 0.25) is 5.02 Å². The molecule has 0 aliphatic heterocycles. The van der Waals surface area contributed by atoms with Crippen LogP contribution in [0.1, 0.15) is 5.56 Å². The van der Waals surface area contributed by atoms with Crippen LogP contribution in [-0.2, 0) is 0 Å². The topological polar surface area (TPSA) is 69.6 Å². The summed E-state index contributed by atoms with van der Waals surface area (Å²) < 4.78 is 15.3. The SMILES string of the molecule is Cc1ccc(N)c(-c2nnnn2-c2c(F)cccc2Cl)c1. The maximum atomic E-state index is 14.1. The molecule has 0 spiro atoms. The second-order valence-electron chi connectivity index (χ2n) is 4.58. The normalized spacial score (nSPS) is 10.8. The molecule has 1 heterocycles. The zero-order valence-electron chi connectivity index (χ0n) is 11.1. The standard InChI is InChI=1S/C14H11ClFN5/c1-8-5-6-12(17)9(7-8)14-18-19-20-21(14)13-10(15)3-2-4-11(13)16/h2-7H,17H2,1H3.